The number of nitrogens with zero attached hydrogens (tertiary/aromatic N) is 3. The predicted octanol–water partition coefficient (Wildman–Crippen LogP) is 0.458. The zero-order valence-electron chi connectivity index (χ0n) is 17.2. The summed E-state index contributed by atoms with van der Waals surface area (Å²) in [5.74, 6) is 1.11. The van der Waals surface area contributed by atoms with Crippen LogP contribution in [0, 0.1) is 5.92 Å². The summed E-state index contributed by atoms with van der Waals surface area (Å²) in [6.45, 7) is 9.65. The number of amides is 3. The van der Waals surface area contributed by atoms with E-state index in [1.165, 1.54) is 4.90 Å². The second-order valence-corrected chi connectivity index (χ2v) is 6.88. The quantitative estimate of drug-likeness (QED) is 0.181. The van der Waals surface area contributed by atoms with Crippen LogP contribution in [0.5, 0.6) is 0 Å². The average Bonchev–Trinajstić information content (AvgIpc) is 3.02. The molecule has 162 valence electrons. The first-order chi connectivity index (χ1) is 13.1. The van der Waals surface area contributed by atoms with E-state index in [9.17, 15) is 9.59 Å². The first-order valence-electron chi connectivity index (χ1n) is 9.95. The van der Waals surface area contributed by atoms with E-state index >= 15 is 0 Å². The molecule has 0 aromatic heterocycles. The fraction of sp³-hybridized carbons (Fsp3) is 0.833. The Bertz CT molecular complexity index is 507. The van der Waals surface area contributed by atoms with Crippen LogP contribution in [0.3, 0.4) is 0 Å². The molecule has 0 aromatic rings. The van der Waals surface area contributed by atoms with Gasteiger partial charge in [0.25, 0.3) is 0 Å². The summed E-state index contributed by atoms with van der Waals surface area (Å²) in [7, 11) is 1.73. The molecule has 28 heavy (non-hydrogen) atoms. The molecule has 9 nitrogen and oxygen atoms in total. The minimum Gasteiger partial charge on any atom is -0.379 e. The number of hydrogen-bond acceptors (Lipinski definition) is 5. The average molecular weight is 510 g/mol. The molecule has 1 unspecified atom stereocenters. The lowest BCUT2D eigenvalue weighted by Crippen LogP contribution is -2.53. The van der Waals surface area contributed by atoms with Crippen LogP contribution in [0.4, 0.5) is 4.79 Å². The third-order valence-corrected chi connectivity index (χ3v) is 5.37. The van der Waals surface area contributed by atoms with E-state index in [0.717, 1.165) is 45.7 Å². The number of guanidine groups is 1. The fourth-order valence-corrected chi connectivity index (χ4v) is 3.73. The van der Waals surface area contributed by atoms with Gasteiger partial charge in [-0.3, -0.25) is 19.6 Å². The van der Waals surface area contributed by atoms with Gasteiger partial charge in [-0.05, 0) is 5.92 Å². The van der Waals surface area contributed by atoms with E-state index in [1.807, 2.05) is 0 Å². The normalized spacial score (nSPS) is 19.4. The zero-order chi connectivity index (χ0) is 19.6. The number of urea groups is 1. The minimum absolute atomic E-state index is 0. The molecular formula is C18H35IN6O3. The number of morpholine rings is 1. The topological polar surface area (TPSA) is 98.3 Å². The van der Waals surface area contributed by atoms with Crippen LogP contribution in [0.2, 0.25) is 0 Å². The van der Waals surface area contributed by atoms with Crippen molar-refractivity contribution in [1.82, 2.24) is 25.8 Å². The molecule has 0 saturated carbocycles. The number of carbonyl (C=O) groups excluding carboxylic acids is 2. The molecule has 1 atom stereocenters. The van der Waals surface area contributed by atoms with Gasteiger partial charge < -0.3 is 20.7 Å². The summed E-state index contributed by atoms with van der Waals surface area (Å²) in [6.07, 6.45) is 2.27. The summed E-state index contributed by atoms with van der Waals surface area (Å²) >= 11 is 0. The Morgan fingerprint density at radius 1 is 1.21 bits per heavy atom. The van der Waals surface area contributed by atoms with Gasteiger partial charge >= 0.3 is 6.03 Å². The SMILES string of the molecule is CCC(CC)C(CNC(=NC)NCCN1C(=O)CNC1=O)N1CCOCC1.I. The first-order valence-corrected chi connectivity index (χ1v) is 9.95. The van der Waals surface area contributed by atoms with Crippen LogP contribution in [0.15, 0.2) is 4.99 Å². The van der Waals surface area contributed by atoms with Crippen molar-refractivity contribution in [3.63, 3.8) is 0 Å². The molecule has 2 saturated heterocycles. The lowest BCUT2D eigenvalue weighted by Gasteiger charge is -2.39. The minimum atomic E-state index is -0.328. The lowest BCUT2D eigenvalue weighted by molar-refractivity contribution is -0.124. The Balaban J connectivity index is 0.00000392. The van der Waals surface area contributed by atoms with Crippen molar-refractivity contribution in [2.45, 2.75) is 32.7 Å². The largest absolute Gasteiger partial charge is 0.379 e. The smallest absolute Gasteiger partial charge is 0.324 e. The Labute approximate surface area is 185 Å². The molecule has 2 aliphatic heterocycles. The molecule has 0 aromatic carbocycles. The molecule has 10 heteroatoms. The van der Waals surface area contributed by atoms with Crippen molar-refractivity contribution in [3.8, 4) is 0 Å². The monoisotopic (exact) mass is 510 g/mol. The highest BCUT2D eigenvalue weighted by Gasteiger charge is 2.28. The molecule has 2 aliphatic rings. The summed E-state index contributed by atoms with van der Waals surface area (Å²) in [4.78, 5) is 31.2. The van der Waals surface area contributed by atoms with Crippen LogP contribution >= 0.6 is 24.0 Å². The summed E-state index contributed by atoms with van der Waals surface area (Å²) in [6, 6.07) is 0.0965. The number of halogens is 1. The van der Waals surface area contributed by atoms with Crippen LogP contribution in [-0.2, 0) is 9.53 Å². The van der Waals surface area contributed by atoms with E-state index in [0.29, 0.717) is 31.0 Å². The van der Waals surface area contributed by atoms with Gasteiger partial charge in [-0.1, -0.05) is 26.7 Å². The molecule has 0 spiro atoms. The molecule has 0 aliphatic carbocycles. The van der Waals surface area contributed by atoms with Crippen LogP contribution in [0.25, 0.3) is 0 Å². The molecule has 2 rings (SSSR count). The Morgan fingerprint density at radius 2 is 1.89 bits per heavy atom. The van der Waals surface area contributed by atoms with Crippen molar-refractivity contribution in [1.29, 1.82) is 0 Å². The summed E-state index contributed by atoms with van der Waals surface area (Å²) in [5, 5.41) is 9.13. The van der Waals surface area contributed by atoms with Crippen molar-refractivity contribution in [2.75, 3.05) is 59.5 Å². The third kappa shape index (κ3) is 7.03. The Kier molecular flexibility index (Phi) is 11.7. The number of ether oxygens (including phenoxy) is 1. The van der Waals surface area contributed by atoms with Crippen molar-refractivity contribution in [2.24, 2.45) is 10.9 Å². The van der Waals surface area contributed by atoms with Gasteiger partial charge in [-0.25, -0.2) is 4.79 Å². The van der Waals surface area contributed by atoms with E-state index in [1.54, 1.807) is 7.05 Å². The van der Waals surface area contributed by atoms with E-state index < -0.39 is 0 Å². The maximum atomic E-state index is 11.6. The standard InChI is InChI=1S/C18H34N6O3.HI/c1-4-14(5-2)15(23-8-10-27-11-9-23)12-21-17(19-3)20-6-7-24-16(25)13-22-18(24)26;/h14-15H,4-13H2,1-3H3,(H,22,26)(H2,19,20,21);1H. The number of rotatable bonds is 9. The van der Waals surface area contributed by atoms with E-state index in [2.05, 4.69) is 39.7 Å². The third-order valence-electron chi connectivity index (χ3n) is 5.37. The number of nitrogens with one attached hydrogen (secondary N) is 3. The maximum absolute atomic E-state index is 11.6. The van der Waals surface area contributed by atoms with Crippen LogP contribution in [0.1, 0.15) is 26.7 Å². The van der Waals surface area contributed by atoms with Crippen molar-refractivity contribution < 1.29 is 14.3 Å². The van der Waals surface area contributed by atoms with Gasteiger partial charge in [0.15, 0.2) is 5.96 Å². The molecular weight excluding hydrogens is 475 g/mol. The second-order valence-electron chi connectivity index (χ2n) is 6.88. The predicted molar refractivity (Wildman–Crippen MR) is 120 cm³/mol. The molecule has 0 radical (unpaired) electrons. The number of imide groups is 1. The highest BCUT2D eigenvalue weighted by molar-refractivity contribution is 14.0. The van der Waals surface area contributed by atoms with Gasteiger partial charge in [0.1, 0.15) is 0 Å². The zero-order valence-corrected chi connectivity index (χ0v) is 19.5. The van der Waals surface area contributed by atoms with Crippen molar-refractivity contribution >= 4 is 41.9 Å². The van der Waals surface area contributed by atoms with Gasteiger partial charge in [0, 0.05) is 45.8 Å². The van der Waals surface area contributed by atoms with E-state index in [4.69, 9.17) is 4.74 Å². The van der Waals surface area contributed by atoms with Gasteiger partial charge in [-0.15, -0.1) is 24.0 Å². The molecule has 3 N–H and O–H groups in total. The van der Waals surface area contributed by atoms with Gasteiger partial charge in [0.05, 0.1) is 19.8 Å². The Hall–Kier alpha value is -1.14. The molecule has 0 bridgehead atoms. The molecule has 2 fully saturated rings. The van der Waals surface area contributed by atoms with Crippen LogP contribution < -0.4 is 16.0 Å². The van der Waals surface area contributed by atoms with Crippen LogP contribution in [-0.4, -0.2) is 93.3 Å². The number of hydrogen-bond donors (Lipinski definition) is 3. The lowest BCUT2D eigenvalue weighted by atomic mass is 9.92. The highest BCUT2D eigenvalue weighted by Crippen LogP contribution is 2.19. The second kappa shape index (κ2) is 13.2. The number of carbonyl (C=O) groups is 2. The first kappa shape index (κ1) is 24.9. The van der Waals surface area contributed by atoms with Gasteiger partial charge in [-0.2, -0.15) is 0 Å². The highest BCUT2D eigenvalue weighted by atomic mass is 127. The fourth-order valence-electron chi connectivity index (χ4n) is 3.73. The van der Waals surface area contributed by atoms with Crippen molar-refractivity contribution in [3.05, 3.63) is 0 Å². The van der Waals surface area contributed by atoms with Gasteiger partial charge in [0.2, 0.25) is 5.91 Å². The Morgan fingerprint density at radius 3 is 2.43 bits per heavy atom. The summed E-state index contributed by atoms with van der Waals surface area (Å²) in [5.41, 5.74) is 0. The maximum Gasteiger partial charge on any atom is 0.324 e. The summed E-state index contributed by atoms with van der Waals surface area (Å²) < 4.78 is 5.50. The van der Waals surface area contributed by atoms with E-state index in [-0.39, 0.29) is 42.5 Å². The molecule has 3 amide bonds. The number of aliphatic imine (C=N–C) groups is 1. The molecule has 2 heterocycles.